The van der Waals surface area contributed by atoms with Gasteiger partial charge in [-0.2, -0.15) is 0 Å². The van der Waals surface area contributed by atoms with Crippen molar-refractivity contribution in [3.63, 3.8) is 0 Å². The summed E-state index contributed by atoms with van der Waals surface area (Å²) >= 11 is 0. The van der Waals surface area contributed by atoms with E-state index < -0.39 is 5.76 Å². The molecule has 3 rings (SSSR count). The van der Waals surface area contributed by atoms with Crippen LogP contribution in [-0.2, 0) is 11.3 Å². The molecule has 26 heavy (non-hydrogen) atoms. The van der Waals surface area contributed by atoms with Gasteiger partial charge in [-0.1, -0.05) is 0 Å². The molecule has 1 aromatic heterocycles. The third-order valence-electron chi connectivity index (χ3n) is 3.83. The van der Waals surface area contributed by atoms with Crippen molar-refractivity contribution in [3.8, 4) is 5.75 Å². The van der Waals surface area contributed by atoms with E-state index in [1.54, 1.807) is 36.4 Å². The number of hydrogen-bond donors (Lipinski definition) is 1. The maximum atomic E-state index is 12.3. The molecule has 0 atom stereocenters. The molecule has 0 saturated heterocycles. The second-order valence-electron chi connectivity index (χ2n) is 5.70. The van der Waals surface area contributed by atoms with E-state index in [9.17, 15) is 14.4 Å². The summed E-state index contributed by atoms with van der Waals surface area (Å²) in [6, 6.07) is 11.6. The highest BCUT2D eigenvalue weighted by Gasteiger charge is 2.14. The van der Waals surface area contributed by atoms with Crippen molar-refractivity contribution in [1.82, 2.24) is 4.57 Å². The van der Waals surface area contributed by atoms with Gasteiger partial charge in [-0.05, 0) is 56.3 Å². The van der Waals surface area contributed by atoms with Crippen molar-refractivity contribution in [2.24, 2.45) is 0 Å². The molecule has 0 aliphatic rings. The minimum absolute atomic E-state index is 0.129. The summed E-state index contributed by atoms with van der Waals surface area (Å²) in [4.78, 5) is 35.7. The number of nitrogens with one attached hydrogen (secondary N) is 1. The normalized spacial score (nSPS) is 10.7. The van der Waals surface area contributed by atoms with Gasteiger partial charge in [0, 0.05) is 11.3 Å². The molecule has 1 amide bonds. The zero-order valence-corrected chi connectivity index (χ0v) is 14.4. The minimum atomic E-state index is -0.650. The third-order valence-corrected chi connectivity index (χ3v) is 3.83. The molecule has 2 aromatic carbocycles. The number of Topliss-reactive ketones (excluding diaryl/α,β-unsaturated/α-hetero) is 1. The molecule has 1 heterocycles. The number of fused-ring (bicyclic) bond motifs is 1. The first-order chi connectivity index (χ1) is 12.5. The Bertz CT molecular complexity index is 1010. The molecule has 134 valence electrons. The fourth-order valence-electron chi connectivity index (χ4n) is 2.58. The number of amides is 1. The zero-order chi connectivity index (χ0) is 18.7. The van der Waals surface area contributed by atoms with Crippen LogP contribution in [0.25, 0.3) is 11.1 Å². The first-order valence-corrected chi connectivity index (χ1v) is 8.15. The fraction of sp³-hybridized carbons (Fsp3) is 0.211. The highest BCUT2D eigenvalue weighted by Crippen LogP contribution is 2.17. The molecule has 3 aromatic rings. The molecule has 0 unspecified atom stereocenters. The Morgan fingerprint density at radius 2 is 1.88 bits per heavy atom. The van der Waals surface area contributed by atoms with Crippen molar-refractivity contribution in [2.45, 2.75) is 20.4 Å². The number of ether oxygens (including phenoxy) is 1. The van der Waals surface area contributed by atoms with Gasteiger partial charge in [0.2, 0.25) is 5.91 Å². The van der Waals surface area contributed by atoms with Crippen LogP contribution in [0.4, 0.5) is 5.69 Å². The summed E-state index contributed by atoms with van der Waals surface area (Å²) in [6.45, 7) is 3.69. The number of rotatable bonds is 6. The second-order valence-corrected chi connectivity index (χ2v) is 5.70. The number of carbonyl (C=O) groups excluding carboxylic acids is 2. The van der Waals surface area contributed by atoms with Crippen LogP contribution in [0.3, 0.4) is 0 Å². The van der Waals surface area contributed by atoms with Crippen molar-refractivity contribution in [1.29, 1.82) is 0 Å². The summed E-state index contributed by atoms with van der Waals surface area (Å²) in [6.07, 6.45) is 0. The van der Waals surface area contributed by atoms with Crippen molar-refractivity contribution in [3.05, 3.63) is 58.6 Å². The van der Waals surface area contributed by atoms with Gasteiger partial charge in [0.25, 0.3) is 0 Å². The molecule has 0 saturated carbocycles. The van der Waals surface area contributed by atoms with Crippen LogP contribution < -0.4 is 15.8 Å². The van der Waals surface area contributed by atoms with E-state index in [-0.39, 0.29) is 23.8 Å². The predicted molar refractivity (Wildman–Crippen MR) is 96.7 cm³/mol. The van der Waals surface area contributed by atoms with E-state index in [4.69, 9.17) is 9.15 Å². The summed E-state index contributed by atoms with van der Waals surface area (Å²) < 4.78 is 11.7. The average Bonchev–Trinajstić information content (AvgIpc) is 2.91. The van der Waals surface area contributed by atoms with Crippen molar-refractivity contribution < 1.29 is 18.7 Å². The number of hydrogen-bond acceptors (Lipinski definition) is 5. The predicted octanol–water partition coefficient (Wildman–Crippen LogP) is 2.83. The average molecular weight is 354 g/mol. The Kier molecular flexibility index (Phi) is 4.88. The molecule has 0 radical (unpaired) electrons. The van der Waals surface area contributed by atoms with Gasteiger partial charge in [0.15, 0.2) is 11.4 Å². The van der Waals surface area contributed by atoms with Gasteiger partial charge < -0.3 is 14.5 Å². The van der Waals surface area contributed by atoms with Gasteiger partial charge >= 0.3 is 5.76 Å². The number of oxazole rings is 1. The van der Waals surface area contributed by atoms with Gasteiger partial charge in [0.1, 0.15) is 12.3 Å². The smallest absolute Gasteiger partial charge is 0.420 e. The molecule has 0 aliphatic heterocycles. The Labute approximate surface area is 149 Å². The lowest BCUT2D eigenvalue weighted by atomic mass is 10.1. The molecule has 0 fully saturated rings. The van der Waals surface area contributed by atoms with E-state index in [0.29, 0.717) is 29.1 Å². The SMILES string of the molecule is CCOc1ccc(NC(=O)Cn2c(=O)oc3cc(C(C)=O)ccc32)cc1. The number of benzene rings is 2. The van der Waals surface area contributed by atoms with Crippen molar-refractivity contribution >= 4 is 28.5 Å². The summed E-state index contributed by atoms with van der Waals surface area (Å²) in [7, 11) is 0. The number of nitrogens with zero attached hydrogens (tertiary/aromatic N) is 1. The summed E-state index contributed by atoms with van der Waals surface area (Å²) in [5, 5.41) is 2.72. The van der Waals surface area contributed by atoms with E-state index in [2.05, 4.69) is 5.32 Å². The molecule has 0 aliphatic carbocycles. The van der Waals surface area contributed by atoms with Crippen LogP contribution in [0.15, 0.2) is 51.7 Å². The lowest BCUT2D eigenvalue weighted by molar-refractivity contribution is -0.116. The highest BCUT2D eigenvalue weighted by atomic mass is 16.5. The fourth-order valence-corrected chi connectivity index (χ4v) is 2.58. The molecule has 7 nitrogen and oxygen atoms in total. The maximum Gasteiger partial charge on any atom is 0.420 e. The maximum absolute atomic E-state index is 12.3. The van der Waals surface area contributed by atoms with Gasteiger partial charge in [-0.15, -0.1) is 0 Å². The molecule has 1 N–H and O–H groups in total. The van der Waals surface area contributed by atoms with Gasteiger partial charge in [-0.3, -0.25) is 14.2 Å². The first kappa shape index (κ1) is 17.5. The van der Waals surface area contributed by atoms with E-state index in [1.807, 2.05) is 6.92 Å². The lowest BCUT2D eigenvalue weighted by Crippen LogP contribution is -2.24. The Morgan fingerprint density at radius 1 is 1.15 bits per heavy atom. The Morgan fingerprint density at radius 3 is 2.54 bits per heavy atom. The standard InChI is InChI=1S/C19H18N2O5/c1-3-25-15-7-5-14(6-8-15)20-18(23)11-21-16-9-4-13(12(2)22)10-17(16)26-19(21)24/h4-10H,3,11H2,1-2H3,(H,20,23). The van der Waals surface area contributed by atoms with Crippen LogP contribution in [0.5, 0.6) is 5.75 Å². The lowest BCUT2D eigenvalue weighted by Gasteiger charge is -2.07. The van der Waals surface area contributed by atoms with Crippen LogP contribution in [-0.4, -0.2) is 22.9 Å². The molecule has 0 bridgehead atoms. The molecular weight excluding hydrogens is 336 g/mol. The van der Waals surface area contributed by atoms with E-state index in [0.717, 1.165) is 0 Å². The van der Waals surface area contributed by atoms with Gasteiger partial charge in [0.05, 0.1) is 12.1 Å². The second kappa shape index (κ2) is 7.26. The Balaban J connectivity index is 1.77. The number of ketones is 1. The third kappa shape index (κ3) is 3.66. The first-order valence-electron chi connectivity index (χ1n) is 8.15. The van der Waals surface area contributed by atoms with Crippen molar-refractivity contribution in [2.75, 3.05) is 11.9 Å². The Hall–Kier alpha value is -3.35. The topological polar surface area (TPSA) is 90.5 Å². The van der Waals surface area contributed by atoms with Crippen LogP contribution >= 0.6 is 0 Å². The van der Waals surface area contributed by atoms with Crippen LogP contribution in [0.2, 0.25) is 0 Å². The number of carbonyl (C=O) groups is 2. The highest BCUT2D eigenvalue weighted by molar-refractivity contribution is 5.97. The summed E-state index contributed by atoms with van der Waals surface area (Å²) in [5.41, 5.74) is 1.77. The van der Waals surface area contributed by atoms with Crippen LogP contribution in [0, 0.1) is 0 Å². The zero-order valence-electron chi connectivity index (χ0n) is 14.4. The number of anilines is 1. The van der Waals surface area contributed by atoms with Crippen LogP contribution in [0.1, 0.15) is 24.2 Å². The molecular formula is C19H18N2O5. The monoisotopic (exact) mass is 354 g/mol. The van der Waals surface area contributed by atoms with E-state index in [1.165, 1.54) is 17.6 Å². The molecule has 7 heteroatoms. The quantitative estimate of drug-likeness (QED) is 0.688. The van der Waals surface area contributed by atoms with E-state index >= 15 is 0 Å². The molecule has 0 spiro atoms. The van der Waals surface area contributed by atoms with Gasteiger partial charge in [-0.25, -0.2) is 4.79 Å². The minimum Gasteiger partial charge on any atom is -0.494 e. The summed E-state index contributed by atoms with van der Waals surface area (Å²) in [5.74, 6) is -0.434. The largest absolute Gasteiger partial charge is 0.494 e. The number of aromatic nitrogens is 1.